The summed E-state index contributed by atoms with van der Waals surface area (Å²) in [5.74, 6) is 0.871. The van der Waals surface area contributed by atoms with Gasteiger partial charge in [-0.15, -0.1) is 0 Å². The van der Waals surface area contributed by atoms with E-state index < -0.39 is 4.92 Å². The van der Waals surface area contributed by atoms with Gasteiger partial charge in [0.15, 0.2) is 0 Å². The molecule has 3 rings (SSSR count). The Kier molecular flexibility index (Phi) is 4.71. The molecule has 122 valence electrons. The van der Waals surface area contributed by atoms with Crippen LogP contribution in [0.2, 0.25) is 0 Å². The Hall–Kier alpha value is -2.94. The predicted octanol–water partition coefficient (Wildman–Crippen LogP) is 4.10. The topological polar surface area (TPSA) is 106 Å². The summed E-state index contributed by atoms with van der Waals surface area (Å²) in [4.78, 5) is 18.9. The number of nitrogens with one attached hydrogen (secondary N) is 2. The largest absolute Gasteiger partial charge is 0.467 e. The summed E-state index contributed by atoms with van der Waals surface area (Å²) in [5, 5.41) is 17.3. The van der Waals surface area contributed by atoms with Crippen LogP contribution in [-0.4, -0.2) is 14.9 Å². The van der Waals surface area contributed by atoms with Gasteiger partial charge in [-0.05, 0) is 36.4 Å². The number of rotatable bonds is 6. The first-order valence-electron chi connectivity index (χ1n) is 6.91. The fourth-order valence-corrected chi connectivity index (χ4v) is 2.29. The van der Waals surface area contributed by atoms with Crippen molar-refractivity contribution in [3.05, 3.63) is 69.3 Å². The predicted molar refractivity (Wildman–Crippen MR) is 92.1 cm³/mol. The highest BCUT2D eigenvalue weighted by atomic mass is 79.9. The van der Waals surface area contributed by atoms with Crippen molar-refractivity contribution in [2.75, 3.05) is 10.6 Å². The van der Waals surface area contributed by atoms with Crippen molar-refractivity contribution in [3.8, 4) is 0 Å². The van der Waals surface area contributed by atoms with Gasteiger partial charge in [0.1, 0.15) is 12.1 Å². The maximum absolute atomic E-state index is 11.5. The fraction of sp³-hybridized carbons (Fsp3) is 0.0667. The van der Waals surface area contributed by atoms with Gasteiger partial charge >= 0.3 is 5.69 Å². The normalized spacial score (nSPS) is 10.4. The number of nitrogens with zero attached hydrogens (tertiary/aromatic N) is 3. The minimum absolute atomic E-state index is 0.110. The highest BCUT2D eigenvalue weighted by Crippen LogP contribution is 2.31. The maximum atomic E-state index is 11.5. The van der Waals surface area contributed by atoms with Crippen molar-refractivity contribution in [1.29, 1.82) is 0 Å². The molecule has 0 bridgehead atoms. The first kappa shape index (κ1) is 15.9. The second kappa shape index (κ2) is 7.09. The van der Waals surface area contributed by atoms with Crippen LogP contribution in [0.5, 0.6) is 0 Å². The second-order valence-corrected chi connectivity index (χ2v) is 5.66. The Bertz CT molecular complexity index is 837. The van der Waals surface area contributed by atoms with Crippen LogP contribution >= 0.6 is 15.9 Å². The zero-order valence-electron chi connectivity index (χ0n) is 12.3. The third-order valence-electron chi connectivity index (χ3n) is 3.12. The lowest BCUT2D eigenvalue weighted by atomic mass is 10.3. The smallest absolute Gasteiger partial charge is 0.353 e. The van der Waals surface area contributed by atoms with Gasteiger partial charge in [-0.25, -0.2) is 9.97 Å². The van der Waals surface area contributed by atoms with Crippen LogP contribution in [0.25, 0.3) is 0 Å². The summed E-state index contributed by atoms with van der Waals surface area (Å²) in [6.07, 6.45) is 2.80. The molecule has 8 nitrogen and oxygen atoms in total. The van der Waals surface area contributed by atoms with E-state index in [0.29, 0.717) is 11.4 Å². The third kappa shape index (κ3) is 3.69. The van der Waals surface area contributed by atoms with Crippen LogP contribution in [0, 0.1) is 10.1 Å². The minimum Gasteiger partial charge on any atom is -0.467 e. The molecule has 0 saturated carbocycles. The van der Waals surface area contributed by atoms with E-state index in [1.807, 2.05) is 12.1 Å². The van der Waals surface area contributed by atoms with Crippen molar-refractivity contribution in [3.63, 3.8) is 0 Å². The van der Waals surface area contributed by atoms with Gasteiger partial charge in [0.05, 0.1) is 17.7 Å². The van der Waals surface area contributed by atoms with Gasteiger partial charge in [-0.3, -0.25) is 10.1 Å². The van der Waals surface area contributed by atoms with E-state index in [-0.39, 0.29) is 23.9 Å². The number of halogens is 1. The fourth-order valence-electron chi connectivity index (χ4n) is 2.03. The van der Waals surface area contributed by atoms with E-state index in [1.54, 1.807) is 24.3 Å². The van der Waals surface area contributed by atoms with E-state index in [0.717, 1.165) is 4.47 Å². The second-order valence-electron chi connectivity index (χ2n) is 4.74. The highest BCUT2D eigenvalue weighted by molar-refractivity contribution is 9.10. The zero-order valence-corrected chi connectivity index (χ0v) is 13.9. The lowest BCUT2D eigenvalue weighted by Gasteiger charge is -2.09. The first-order chi connectivity index (χ1) is 11.6. The lowest BCUT2D eigenvalue weighted by molar-refractivity contribution is -0.383. The van der Waals surface area contributed by atoms with Gasteiger partial charge in [0.2, 0.25) is 11.6 Å². The molecule has 2 heterocycles. The van der Waals surface area contributed by atoms with Crippen molar-refractivity contribution < 1.29 is 9.34 Å². The molecule has 0 aliphatic rings. The van der Waals surface area contributed by atoms with Crippen LogP contribution in [0.4, 0.5) is 23.0 Å². The Morgan fingerprint density at radius 1 is 1.17 bits per heavy atom. The average molecular weight is 390 g/mol. The molecule has 0 spiro atoms. The third-order valence-corrected chi connectivity index (χ3v) is 3.65. The van der Waals surface area contributed by atoms with E-state index in [4.69, 9.17) is 4.42 Å². The molecule has 0 fully saturated rings. The number of nitro groups is 1. The number of anilines is 3. The van der Waals surface area contributed by atoms with Crippen molar-refractivity contribution in [2.45, 2.75) is 6.54 Å². The van der Waals surface area contributed by atoms with Crippen molar-refractivity contribution in [1.82, 2.24) is 9.97 Å². The van der Waals surface area contributed by atoms with Crippen LogP contribution in [0.15, 0.2) is 57.9 Å². The van der Waals surface area contributed by atoms with Gasteiger partial charge < -0.3 is 15.1 Å². The zero-order chi connectivity index (χ0) is 16.9. The van der Waals surface area contributed by atoms with Gasteiger partial charge in [-0.1, -0.05) is 15.9 Å². The van der Waals surface area contributed by atoms with Crippen molar-refractivity contribution >= 4 is 38.9 Å². The lowest BCUT2D eigenvalue weighted by Crippen LogP contribution is -2.08. The van der Waals surface area contributed by atoms with Gasteiger partial charge in [0.25, 0.3) is 0 Å². The molecular formula is C15H12BrN5O3. The summed E-state index contributed by atoms with van der Waals surface area (Å²) < 4.78 is 6.11. The molecule has 9 heteroatoms. The molecule has 2 aromatic heterocycles. The minimum atomic E-state index is -0.522. The molecule has 3 aromatic rings. The number of hydrogen-bond acceptors (Lipinski definition) is 7. The number of benzene rings is 1. The summed E-state index contributed by atoms with van der Waals surface area (Å²) in [7, 11) is 0. The Labute approximate surface area is 145 Å². The highest BCUT2D eigenvalue weighted by Gasteiger charge is 2.23. The molecule has 0 unspecified atom stereocenters. The quantitative estimate of drug-likeness (QED) is 0.482. The SMILES string of the molecule is O=[N+]([O-])c1c(NCc2ccco2)ncnc1Nc1ccc(Br)cc1. The van der Waals surface area contributed by atoms with E-state index in [2.05, 4.69) is 36.5 Å². The molecule has 24 heavy (non-hydrogen) atoms. The van der Waals surface area contributed by atoms with Gasteiger partial charge in [-0.2, -0.15) is 0 Å². The Balaban J connectivity index is 1.87. The molecule has 1 aromatic carbocycles. The van der Waals surface area contributed by atoms with E-state index in [9.17, 15) is 10.1 Å². The molecule has 0 saturated heterocycles. The number of furan rings is 1. The Morgan fingerprint density at radius 2 is 1.92 bits per heavy atom. The molecule has 0 aliphatic heterocycles. The standard InChI is InChI=1S/C15H12BrN5O3/c16-10-3-5-11(6-4-10)20-15-13(21(22)23)14(18-9-19-15)17-8-12-2-1-7-24-12/h1-7,9H,8H2,(H2,17,18,19,20). The van der Waals surface area contributed by atoms with E-state index in [1.165, 1.54) is 12.6 Å². The van der Waals surface area contributed by atoms with Crippen LogP contribution in [0.3, 0.4) is 0 Å². The van der Waals surface area contributed by atoms with Crippen LogP contribution in [0.1, 0.15) is 5.76 Å². The van der Waals surface area contributed by atoms with Crippen molar-refractivity contribution in [2.24, 2.45) is 0 Å². The molecule has 0 atom stereocenters. The maximum Gasteiger partial charge on any atom is 0.353 e. The summed E-state index contributed by atoms with van der Waals surface area (Å²) >= 11 is 3.34. The summed E-state index contributed by atoms with van der Waals surface area (Å²) in [5.41, 5.74) is 0.448. The molecule has 2 N–H and O–H groups in total. The van der Waals surface area contributed by atoms with E-state index >= 15 is 0 Å². The number of hydrogen-bond donors (Lipinski definition) is 2. The molecule has 0 aliphatic carbocycles. The molecular weight excluding hydrogens is 378 g/mol. The summed E-state index contributed by atoms with van der Waals surface area (Å²) in [6, 6.07) is 10.7. The number of aromatic nitrogens is 2. The van der Waals surface area contributed by atoms with Crippen LogP contribution in [-0.2, 0) is 6.54 Å². The monoisotopic (exact) mass is 389 g/mol. The van der Waals surface area contributed by atoms with Crippen LogP contribution < -0.4 is 10.6 Å². The first-order valence-corrected chi connectivity index (χ1v) is 7.71. The Morgan fingerprint density at radius 3 is 2.58 bits per heavy atom. The average Bonchev–Trinajstić information content (AvgIpc) is 3.08. The molecule has 0 radical (unpaired) electrons. The molecule has 0 amide bonds. The summed E-state index contributed by atoms with van der Waals surface area (Å²) in [6.45, 7) is 0.280. The van der Waals surface area contributed by atoms with Gasteiger partial charge in [0, 0.05) is 10.2 Å².